The zero-order valence-corrected chi connectivity index (χ0v) is 7.72. The second-order valence-corrected chi connectivity index (χ2v) is 4.08. The van der Waals surface area contributed by atoms with Crippen LogP contribution in [0.15, 0.2) is 0 Å². The molecule has 1 heteroatoms. The molecule has 0 bridgehead atoms. The summed E-state index contributed by atoms with van der Waals surface area (Å²) in [6.07, 6.45) is 4.20. The van der Waals surface area contributed by atoms with Gasteiger partial charge in [-0.2, -0.15) is 0 Å². The van der Waals surface area contributed by atoms with Gasteiger partial charge in [-0.15, -0.1) is 0 Å². The highest BCUT2D eigenvalue weighted by molar-refractivity contribution is 4.80. The molecule has 0 saturated carbocycles. The molecular weight excluding hydrogens is 122 g/mol. The van der Waals surface area contributed by atoms with Crippen molar-refractivity contribution in [1.82, 2.24) is 0 Å². The van der Waals surface area contributed by atoms with Crippen LogP contribution in [0.3, 0.4) is 0 Å². The molecule has 0 aromatic heterocycles. The summed E-state index contributed by atoms with van der Waals surface area (Å²) in [6, 6.07) is 1.89. The Bertz CT molecular complexity index is 118. The molecule has 1 fully saturated rings. The van der Waals surface area contributed by atoms with E-state index < -0.39 is 0 Å². The lowest BCUT2D eigenvalue weighted by molar-refractivity contribution is -0.782. The fourth-order valence-electron chi connectivity index (χ4n) is 1.88. The molecule has 2 unspecified atom stereocenters. The lowest BCUT2D eigenvalue weighted by Gasteiger charge is -2.05. The molecule has 0 aromatic rings. The van der Waals surface area contributed by atoms with Gasteiger partial charge in [-0.3, -0.25) is 0 Å². The molecule has 0 amide bonds. The maximum absolute atomic E-state index is 2.36. The van der Waals surface area contributed by atoms with E-state index in [1.54, 1.807) is 0 Å². The molecule has 2 atom stereocenters. The topological polar surface area (TPSA) is 0 Å². The van der Waals surface area contributed by atoms with Crippen molar-refractivity contribution < 1.29 is 4.48 Å². The van der Waals surface area contributed by atoms with Crippen LogP contribution in [0.5, 0.6) is 0 Å². The smallest absolute Gasteiger partial charge is 0.141 e. The first-order valence-corrected chi connectivity index (χ1v) is 4.44. The summed E-state index contributed by atoms with van der Waals surface area (Å²) in [4.78, 5) is 0. The molecule has 0 N–H and O–H groups in total. The molecule has 1 nitrogen and oxygen atoms in total. The SMILES string of the molecule is CCCCC1C(C)[N+]1(C)C. The fraction of sp³-hybridized carbons (Fsp3) is 1.00. The third kappa shape index (κ3) is 1.20. The standard InChI is InChI=1S/C9H20N/c1-5-6-7-9-8(2)10(9,3)4/h8-9H,5-7H2,1-4H3/q+1. The van der Waals surface area contributed by atoms with E-state index in [4.69, 9.17) is 0 Å². The van der Waals surface area contributed by atoms with Crippen molar-refractivity contribution in [3.05, 3.63) is 0 Å². The van der Waals surface area contributed by atoms with Crippen LogP contribution < -0.4 is 0 Å². The maximum atomic E-state index is 2.36. The number of likely N-dealkylation sites (N-methyl/N-ethyl adjacent to an activating group) is 1. The van der Waals surface area contributed by atoms with Crippen molar-refractivity contribution in [2.45, 2.75) is 45.2 Å². The molecule has 1 aliphatic heterocycles. The van der Waals surface area contributed by atoms with Gasteiger partial charge in [-0.05, 0) is 13.3 Å². The minimum absolute atomic E-state index is 0.923. The summed E-state index contributed by atoms with van der Waals surface area (Å²) >= 11 is 0. The summed E-state index contributed by atoms with van der Waals surface area (Å²) in [5, 5.41) is 0. The Kier molecular flexibility index (Phi) is 2.04. The molecule has 0 spiro atoms. The van der Waals surface area contributed by atoms with Crippen LogP contribution in [0.2, 0.25) is 0 Å². The molecule has 60 valence electrons. The van der Waals surface area contributed by atoms with Gasteiger partial charge in [0.25, 0.3) is 0 Å². The second-order valence-electron chi connectivity index (χ2n) is 4.08. The summed E-state index contributed by atoms with van der Waals surface area (Å²) in [5.41, 5.74) is 0. The van der Waals surface area contributed by atoms with Gasteiger partial charge in [0, 0.05) is 6.42 Å². The molecule has 1 heterocycles. The van der Waals surface area contributed by atoms with Crippen molar-refractivity contribution in [1.29, 1.82) is 0 Å². The Balaban J connectivity index is 2.22. The molecule has 10 heavy (non-hydrogen) atoms. The first-order chi connectivity index (χ1) is 4.60. The van der Waals surface area contributed by atoms with Gasteiger partial charge in [-0.1, -0.05) is 13.3 Å². The van der Waals surface area contributed by atoms with Crippen molar-refractivity contribution in [2.24, 2.45) is 0 Å². The largest absolute Gasteiger partial charge is 0.314 e. The van der Waals surface area contributed by atoms with Gasteiger partial charge in [0.15, 0.2) is 0 Å². The van der Waals surface area contributed by atoms with Crippen LogP contribution in [0.25, 0.3) is 0 Å². The Morgan fingerprint density at radius 1 is 1.30 bits per heavy atom. The van der Waals surface area contributed by atoms with Crippen LogP contribution in [0.1, 0.15) is 33.1 Å². The average Bonchev–Trinajstić information content (AvgIpc) is 2.31. The third-order valence-electron chi connectivity index (χ3n) is 3.23. The number of unbranched alkanes of at least 4 members (excludes halogenated alkanes) is 1. The lowest BCUT2D eigenvalue weighted by Crippen LogP contribution is -2.17. The van der Waals surface area contributed by atoms with Crippen molar-refractivity contribution in [2.75, 3.05) is 14.1 Å². The number of rotatable bonds is 3. The minimum atomic E-state index is 0.923. The molecule has 0 radical (unpaired) electrons. The maximum Gasteiger partial charge on any atom is 0.141 e. The van der Waals surface area contributed by atoms with E-state index in [1.807, 2.05) is 0 Å². The molecule has 0 aromatic carbocycles. The van der Waals surface area contributed by atoms with Crippen LogP contribution >= 0.6 is 0 Å². The van der Waals surface area contributed by atoms with E-state index in [-0.39, 0.29) is 0 Å². The molecule has 1 rings (SSSR count). The van der Waals surface area contributed by atoms with Crippen molar-refractivity contribution >= 4 is 0 Å². The molecule has 1 saturated heterocycles. The van der Waals surface area contributed by atoms with E-state index in [2.05, 4.69) is 27.9 Å². The number of hydrogen-bond acceptors (Lipinski definition) is 0. The quantitative estimate of drug-likeness (QED) is 0.418. The lowest BCUT2D eigenvalue weighted by atomic mass is 10.2. The predicted molar refractivity (Wildman–Crippen MR) is 44.9 cm³/mol. The van der Waals surface area contributed by atoms with Crippen molar-refractivity contribution in [3.8, 4) is 0 Å². The third-order valence-corrected chi connectivity index (χ3v) is 3.23. The van der Waals surface area contributed by atoms with Gasteiger partial charge in [0.05, 0.1) is 14.1 Å². The van der Waals surface area contributed by atoms with Crippen molar-refractivity contribution in [3.63, 3.8) is 0 Å². The highest BCUT2D eigenvalue weighted by Gasteiger charge is 2.55. The minimum Gasteiger partial charge on any atom is -0.314 e. The van der Waals surface area contributed by atoms with Gasteiger partial charge in [0.1, 0.15) is 12.1 Å². The summed E-state index contributed by atoms with van der Waals surface area (Å²) in [5.74, 6) is 0. The van der Waals surface area contributed by atoms with Crippen LogP contribution in [0, 0.1) is 0 Å². The van der Waals surface area contributed by atoms with Gasteiger partial charge >= 0.3 is 0 Å². The van der Waals surface area contributed by atoms with Gasteiger partial charge in [0.2, 0.25) is 0 Å². The Morgan fingerprint density at radius 3 is 2.10 bits per heavy atom. The van der Waals surface area contributed by atoms with Crippen LogP contribution in [0.4, 0.5) is 0 Å². The second kappa shape index (κ2) is 2.54. The Labute approximate surface area is 64.6 Å². The highest BCUT2D eigenvalue weighted by atomic mass is 15.5. The van der Waals surface area contributed by atoms with E-state index in [0.29, 0.717) is 0 Å². The van der Waals surface area contributed by atoms with Crippen LogP contribution in [-0.4, -0.2) is 30.7 Å². The number of nitrogens with zero attached hydrogens (tertiary/aromatic N) is 1. The Hall–Kier alpha value is -0.0400. The summed E-state index contributed by atoms with van der Waals surface area (Å²) < 4.78 is 1.26. The number of quaternary nitrogens is 1. The van der Waals surface area contributed by atoms with Crippen LogP contribution in [-0.2, 0) is 0 Å². The number of hydrogen-bond donors (Lipinski definition) is 0. The first-order valence-electron chi connectivity index (χ1n) is 4.44. The monoisotopic (exact) mass is 142 g/mol. The van der Waals surface area contributed by atoms with E-state index in [9.17, 15) is 0 Å². The summed E-state index contributed by atoms with van der Waals surface area (Å²) in [7, 11) is 4.68. The fourth-order valence-corrected chi connectivity index (χ4v) is 1.88. The zero-order chi connectivity index (χ0) is 7.78. The molecule has 1 aliphatic rings. The Morgan fingerprint density at radius 2 is 1.80 bits per heavy atom. The molecular formula is C9H20N+. The average molecular weight is 142 g/mol. The van der Waals surface area contributed by atoms with E-state index in [0.717, 1.165) is 12.1 Å². The zero-order valence-electron chi connectivity index (χ0n) is 7.72. The predicted octanol–water partition coefficient (Wildman–Crippen LogP) is 2.02. The highest BCUT2D eigenvalue weighted by Crippen LogP contribution is 2.37. The van der Waals surface area contributed by atoms with E-state index in [1.165, 1.54) is 23.7 Å². The normalized spacial score (nSPS) is 36.0. The van der Waals surface area contributed by atoms with E-state index >= 15 is 0 Å². The van der Waals surface area contributed by atoms with Gasteiger partial charge in [-0.25, -0.2) is 0 Å². The van der Waals surface area contributed by atoms with Gasteiger partial charge < -0.3 is 4.48 Å². The first kappa shape index (κ1) is 8.06. The summed E-state index contributed by atoms with van der Waals surface area (Å²) in [6.45, 7) is 4.63. The molecule has 0 aliphatic carbocycles.